The lowest BCUT2D eigenvalue weighted by Gasteiger charge is -2.10. The van der Waals surface area contributed by atoms with Crippen LogP contribution in [0.5, 0.6) is 0 Å². The highest BCUT2D eigenvalue weighted by molar-refractivity contribution is 6.45. The second kappa shape index (κ2) is 11.8. The first-order valence-corrected chi connectivity index (χ1v) is 11.7. The van der Waals surface area contributed by atoms with Crippen LogP contribution in [-0.2, 0) is 32.2 Å². The maximum atomic E-state index is 11.8. The number of methoxy groups -OCH3 is 2. The molecule has 0 aliphatic heterocycles. The van der Waals surface area contributed by atoms with Gasteiger partial charge in [-0.2, -0.15) is 0 Å². The van der Waals surface area contributed by atoms with Crippen LogP contribution in [0.3, 0.4) is 0 Å². The van der Waals surface area contributed by atoms with Crippen molar-refractivity contribution in [2.45, 2.75) is 13.1 Å². The van der Waals surface area contributed by atoms with Crippen LogP contribution >= 0.6 is 46.4 Å². The fraction of sp³-hybridized carbons (Fsp3) is 0.167. The van der Waals surface area contributed by atoms with Crippen LogP contribution in [0.2, 0.25) is 20.1 Å². The van der Waals surface area contributed by atoms with E-state index in [1.807, 2.05) is 0 Å². The second-order valence-electron chi connectivity index (χ2n) is 7.29. The molecular weight excluding hydrogens is 554 g/mol. The van der Waals surface area contributed by atoms with Gasteiger partial charge in [0.15, 0.2) is 0 Å². The van der Waals surface area contributed by atoms with Crippen molar-refractivity contribution in [2.75, 3.05) is 14.2 Å². The van der Waals surface area contributed by atoms with Crippen molar-refractivity contribution < 1.29 is 19.1 Å². The highest BCUT2D eigenvalue weighted by Crippen LogP contribution is 2.30. The molecule has 4 aromatic rings. The van der Waals surface area contributed by atoms with Crippen LogP contribution in [-0.4, -0.2) is 35.3 Å². The van der Waals surface area contributed by atoms with Crippen LogP contribution < -0.4 is 11.1 Å². The van der Waals surface area contributed by atoms with Gasteiger partial charge in [0.05, 0.1) is 45.3 Å². The highest BCUT2D eigenvalue weighted by atomic mass is 35.5. The minimum Gasteiger partial charge on any atom is -0.468 e. The van der Waals surface area contributed by atoms with E-state index in [-0.39, 0.29) is 24.2 Å². The number of pyridine rings is 2. The first-order chi connectivity index (χ1) is 17.1. The van der Waals surface area contributed by atoms with Crippen molar-refractivity contribution in [3.05, 3.63) is 89.3 Å². The van der Waals surface area contributed by atoms with Crippen LogP contribution in [0.4, 0.5) is 0 Å². The van der Waals surface area contributed by atoms with E-state index in [9.17, 15) is 19.2 Å². The molecule has 0 aliphatic carbocycles. The molecule has 0 aliphatic rings. The number of carbonyl (C=O) groups is 2. The molecule has 36 heavy (non-hydrogen) atoms. The summed E-state index contributed by atoms with van der Waals surface area (Å²) in [6.07, 6.45) is 0. The summed E-state index contributed by atoms with van der Waals surface area (Å²) in [5, 5.41) is 2.82. The molecule has 2 heterocycles. The number of carbonyl (C=O) groups excluding carboxylic acids is 2. The molecule has 188 valence electrons. The Morgan fingerprint density at radius 2 is 1.22 bits per heavy atom. The lowest BCUT2D eigenvalue weighted by atomic mass is 10.2. The van der Waals surface area contributed by atoms with Crippen LogP contribution in [0.15, 0.2) is 58.1 Å². The Hall–Kier alpha value is -3.04. The van der Waals surface area contributed by atoms with Crippen molar-refractivity contribution in [2.24, 2.45) is 0 Å². The van der Waals surface area contributed by atoms with Crippen LogP contribution in [0, 0.1) is 0 Å². The van der Waals surface area contributed by atoms with Gasteiger partial charge in [0.2, 0.25) is 0 Å². The molecule has 4 rings (SSSR count). The number of nitrogens with zero attached hydrogens (tertiary/aromatic N) is 2. The fourth-order valence-electron chi connectivity index (χ4n) is 3.32. The second-order valence-corrected chi connectivity index (χ2v) is 8.89. The van der Waals surface area contributed by atoms with Gasteiger partial charge < -0.3 is 9.47 Å². The van der Waals surface area contributed by atoms with Crippen molar-refractivity contribution in [1.29, 1.82) is 0 Å². The predicted molar refractivity (Wildman–Crippen MR) is 140 cm³/mol. The predicted octanol–water partition coefficient (Wildman–Crippen LogP) is 4.96. The van der Waals surface area contributed by atoms with Crippen LogP contribution in [0.1, 0.15) is 0 Å². The number of rotatable bonds is 4. The number of esters is 2. The van der Waals surface area contributed by atoms with Crippen molar-refractivity contribution in [3.8, 4) is 0 Å². The van der Waals surface area contributed by atoms with Crippen molar-refractivity contribution >= 4 is 80.1 Å². The quantitative estimate of drug-likeness (QED) is 0.321. The largest absolute Gasteiger partial charge is 0.468 e. The Morgan fingerprint density at radius 1 is 0.694 bits per heavy atom. The molecule has 0 radical (unpaired) electrons. The molecule has 0 atom stereocenters. The molecule has 2 aromatic carbocycles. The SMILES string of the molecule is COC(=O)Cn1c(=O)ccc2c(Cl)c(Cl)ccc21.COC(=O)Cn1c(=O)ccc2cc(Cl)c(Cl)cc21. The maximum absolute atomic E-state index is 11.8. The molecule has 8 nitrogen and oxygen atoms in total. The average Bonchev–Trinajstić information content (AvgIpc) is 2.86. The van der Waals surface area contributed by atoms with Crippen molar-refractivity contribution in [3.63, 3.8) is 0 Å². The van der Waals surface area contributed by atoms with Crippen LogP contribution in [0.25, 0.3) is 21.8 Å². The van der Waals surface area contributed by atoms with Gasteiger partial charge in [-0.15, -0.1) is 0 Å². The van der Waals surface area contributed by atoms with Gasteiger partial charge in [-0.05, 0) is 36.4 Å². The molecule has 0 saturated heterocycles. The molecule has 0 fully saturated rings. The monoisotopic (exact) mass is 570 g/mol. The summed E-state index contributed by atoms with van der Waals surface area (Å²) in [4.78, 5) is 46.1. The number of hydrogen-bond donors (Lipinski definition) is 0. The van der Waals surface area contributed by atoms with E-state index in [1.165, 1.54) is 35.5 Å². The summed E-state index contributed by atoms with van der Waals surface area (Å²) >= 11 is 23.8. The first-order valence-electron chi connectivity index (χ1n) is 10.2. The standard InChI is InChI=1S/2C12H9Cl2NO3/c1-18-11(17)6-15-9-4-3-8(13)12(14)7(9)2-5-10(15)16;1-18-12(17)6-15-10-5-9(14)8(13)4-7(10)2-3-11(15)16/h2*2-5H,6H2,1H3. The van der Waals surface area contributed by atoms with E-state index in [0.717, 1.165) is 5.39 Å². The van der Waals surface area contributed by atoms with Gasteiger partial charge in [-0.3, -0.25) is 28.3 Å². The van der Waals surface area contributed by atoms with E-state index < -0.39 is 11.9 Å². The first kappa shape index (κ1) is 27.5. The third kappa shape index (κ3) is 6.02. The molecule has 0 amide bonds. The summed E-state index contributed by atoms with van der Waals surface area (Å²) in [7, 11) is 2.53. The minimum atomic E-state index is -0.504. The van der Waals surface area contributed by atoms with Crippen molar-refractivity contribution in [1.82, 2.24) is 9.13 Å². The van der Waals surface area contributed by atoms with E-state index in [0.29, 0.717) is 36.5 Å². The van der Waals surface area contributed by atoms with Gasteiger partial charge in [-0.1, -0.05) is 46.4 Å². The number of ether oxygens (including phenoxy) is 2. The molecule has 12 heteroatoms. The molecule has 0 unspecified atom stereocenters. The maximum Gasteiger partial charge on any atom is 0.325 e. The zero-order valence-corrected chi connectivity index (χ0v) is 21.9. The van der Waals surface area contributed by atoms with E-state index in [2.05, 4.69) is 9.47 Å². The molecule has 2 aromatic heterocycles. The van der Waals surface area contributed by atoms with E-state index in [4.69, 9.17) is 46.4 Å². The minimum absolute atomic E-state index is 0.162. The normalized spacial score (nSPS) is 10.6. The average molecular weight is 572 g/mol. The topological polar surface area (TPSA) is 96.6 Å². The van der Waals surface area contributed by atoms with Gasteiger partial charge in [-0.25, -0.2) is 0 Å². The summed E-state index contributed by atoms with van der Waals surface area (Å²) in [6.45, 7) is -0.324. The number of halogens is 4. The number of hydrogen-bond acceptors (Lipinski definition) is 6. The Labute approximate surface area is 224 Å². The summed E-state index contributed by atoms with van der Waals surface area (Å²) in [5.41, 5.74) is 0.488. The lowest BCUT2D eigenvalue weighted by molar-refractivity contribution is -0.142. The van der Waals surface area contributed by atoms with Gasteiger partial charge in [0, 0.05) is 22.9 Å². The molecule has 0 bridgehead atoms. The fourth-order valence-corrected chi connectivity index (χ4v) is 4.03. The zero-order chi connectivity index (χ0) is 26.6. The number of fused-ring (bicyclic) bond motifs is 2. The third-order valence-corrected chi connectivity index (χ3v) is 6.66. The van der Waals surface area contributed by atoms with Gasteiger partial charge in [0.25, 0.3) is 11.1 Å². The number of benzene rings is 2. The van der Waals surface area contributed by atoms with Gasteiger partial charge >= 0.3 is 11.9 Å². The Kier molecular flexibility index (Phi) is 9.03. The lowest BCUT2D eigenvalue weighted by Crippen LogP contribution is -2.24. The Balaban J connectivity index is 0.000000201. The summed E-state index contributed by atoms with van der Waals surface area (Å²) < 4.78 is 11.7. The Bertz CT molecular complexity index is 1560. The molecular formula is C24H18Cl4N2O6. The zero-order valence-electron chi connectivity index (χ0n) is 18.9. The summed E-state index contributed by atoms with van der Waals surface area (Å²) in [5.74, 6) is -1.01. The van der Waals surface area contributed by atoms with E-state index >= 15 is 0 Å². The molecule has 0 spiro atoms. The van der Waals surface area contributed by atoms with Gasteiger partial charge in [0.1, 0.15) is 13.1 Å². The highest BCUT2D eigenvalue weighted by Gasteiger charge is 2.12. The Morgan fingerprint density at radius 3 is 1.81 bits per heavy atom. The van der Waals surface area contributed by atoms with E-state index in [1.54, 1.807) is 36.4 Å². The molecule has 0 N–H and O–H groups in total. The summed E-state index contributed by atoms with van der Waals surface area (Å²) in [6, 6.07) is 12.4. The molecule has 0 saturated carbocycles. The third-order valence-electron chi connectivity index (χ3n) is 5.12. The smallest absolute Gasteiger partial charge is 0.325 e. The number of aromatic nitrogens is 2.